The van der Waals surface area contributed by atoms with Gasteiger partial charge in [0.2, 0.25) is 0 Å². The average molecular weight is 287 g/mol. The van der Waals surface area contributed by atoms with Crippen LogP contribution < -0.4 is 10.1 Å². The maximum Gasteiger partial charge on any atom is 0.269 e. The number of hydrogen-bond acceptors (Lipinski definition) is 3. The number of para-hydroxylation sites is 1. The topological polar surface area (TPSA) is 67.0 Å². The molecule has 0 fully saturated rings. The van der Waals surface area contributed by atoms with Crippen LogP contribution in [0.2, 0.25) is 0 Å². The summed E-state index contributed by atoms with van der Waals surface area (Å²) in [5.41, 5.74) is 1.71. The summed E-state index contributed by atoms with van der Waals surface area (Å²) in [6.45, 7) is 8.33. The molecule has 2 N–H and O–H groups in total. The molecule has 5 nitrogen and oxygen atoms in total. The Hall–Kier alpha value is -2.30. The van der Waals surface area contributed by atoms with Crippen LogP contribution in [0.4, 0.5) is 0 Å². The lowest BCUT2D eigenvalue weighted by molar-refractivity contribution is 0.0914. The number of rotatable bonds is 4. The zero-order valence-electron chi connectivity index (χ0n) is 12.9. The smallest absolute Gasteiger partial charge is 0.269 e. The van der Waals surface area contributed by atoms with Crippen LogP contribution >= 0.6 is 0 Å². The summed E-state index contributed by atoms with van der Waals surface area (Å²) in [6, 6.07) is 9.38. The maximum absolute atomic E-state index is 12.1. The summed E-state index contributed by atoms with van der Waals surface area (Å²) in [5.74, 6) is 0.587. The van der Waals surface area contributed by atoms with Crippen LogP contribution in [0, 0.1) is 0 Å². The Morgan fingerprint density at radius 3 is 2.71 bits per heavy atom. The molecule has 1 heterocycles. The number of aromatic nitrogens is 2. The molecule has 112 valence electrons. The van der Waals surface area contributed by atoms with Gasteiger partial charge in [0.15, 0.2) is 0 Å². The van der Waals surface area contributed by atoms with Crippen molar-refractivity contribution in [3.63, 3.8) is 0 Å². The summed E-state index contributed by atoms with van der Waals surface area (Å²) in [4.78, 5) is 12.1. The number of nitrogens with one attached hydrogen (secondary N) is 2. The minimum absolute atomic E-state index is 0.171. The molecule has 1 amide bonds. The van der Waals surface area contributed by atoms with Crippen molar-refractivity contribution >= 4 is 5.91 Å². The molecule has 0 aliphatic carbocycles. The molecule has 0 aliphatic heterocycles. The number of carbonyl (C=O) groups excluding carboxylic acids is 1. The van der Waals surface area contributed by atoms with Crippen molar-refractivity contribution in [3.8, 4) is 17.0 Å². The number of aromatic amines is 1. The van der Waals surface area contributed by atoms with Crippen LogP contribution in [-0.2, 0) is 0 Å². The van der Waals surface area contributed by atoms with Crippen molar-refractivity contribution in [2.24, 2.45) is 0 Å². The van der Waals surface area contributed by atoms with Gasteiger partial charge in [-0.2, -0.15) is 5.10 Å². The van der Waals surface area contributed by atoms with Crippen molar-refractivity contribution < 1.29 is 9.53 Å². The summed E-state index contributed by atoms with van der Waals surface area (Å²) < 4.78 is 5.59. The van der Waals surface area contributed by atoms with Crippen molar-refractivity contribution in [1.82, 2.24) is 15.5 Å². The van der Waals surface area contributed by atoms with Crippen LogP contribution in [0.15, 0.2) is 30.3 Å². The van der Waals surface area contributed by atoms with E-state index in [0.29, 0.717) is 18.0 Å². The van der Waals surface area contributed by atoms with Crippen LogP contribution in [0.3, 0.4) is 0 Å². The number of H-pyrrole nitrogens is 1. The Kier molecular flexibility index (Phi) is 4.31. The lowest BCUT2D eigenvalue weighted by Crippen LogP contribution is -2.40. The molecule has 0 atom stereocenters. The fourth-order valence-electron chi connectivity index (χ4n) is 1.94. The van der Waals surface area contributed by atoms with E-state index in [2.05, 4.69) is 15.5 Å². The highest BCUT2D eigenvalue weighted by Crippen LogP contribution is 2.28. The highest BCUT2D eigenvalue weighted by molar-refractivity contribution is 5.94. The van der Waals surface area contributed by atoms with E-state index in [1.54, 1.807) is 6.07 Å². The molecule has 0 bridgehead atoms. The van der Waals surface area contributed by atoms with Gasteiger partial charge in [-0.05, 0) is 45.9 Å². The highest BCUT2D eigenvalue weighted by atomic mass is 16.5. The quantitative estimate of drug-likeness (QED) is 0.908. The average Bonchev–Trinajstić information content (AvgIpc) is 2.87. The van der Waals surface area contributed by atoms with E-state index in [-0.39, 0.29) is 11.4 Å². The number of ether oxygens (including phenoxy) is 1. The third kappa shape index (κ3) is 3.84. The first kappa shape index (κ1) is 15.1. The standard InChI is InChI=1S/C16H21N3O2/c1-5-21-14-9-7-6-8-11(14)12-10-13(19-18-12)15(20)17-16(2,3)4/h6-10H,5H2,1-4H3,(H,17,20)(H,18,19). The maximum atomic E-state index is 12.1. The summed E-state index contributed by atoms with van der Waals surface area (Å²) in [7, 11) is 0. The molecule has 1 aromatic carbocycles. The predicted molar refractivity (Wildman–Crippen MR) is 82.4 cm³/mol. The van der Waals surface area contributed by atoms with Crippen LogP contribution in [0.5, 0.6) is 5.75 Å². The first-order valence-corrected chi connectivity index (χ1v) is 7.01. The number of nitrogens with zero attached hydrogens (tertiary/aromatic N) is 1. The normalized spacial score (nSPS) is 11.2. The lowest BCUT2D eigenvalue weighted by atomic mass is 10.1. The molecular weight excluding hydrogens is 266 g/mol. The molecule has 2 rings (SSSR count). The molecule has 21 heavy (non-hydrogen) atoms. The first-order valence-electron chi connectivity index (χ1n) is 7.01. The Labute approximate surface area is 124 Å². The second-order valence-corrected chi connectivity index (χ2v) is 5.80. The van der Waals surface area contributed by atoms with Gasteiger partial charge in [0.25, 0.3) is 5.91 Å². The number of carbonyl (C=O) groups is 1. The summed E-state index contributed by atoms with van der Waals surface area (Å²) in [5, 5.41) is 9.89. The van der Waals surface area contributed by atoms with E-state index in [1.165, 1.54) is 0 Å². The Morgan fingerprint density at radius 2 is 2.05 bits per heavy atom. The van der Waals surface area contributed by atoms with E-state index in [0.717, 1.165) is 11.3 Å². The van der Waals surface area contributed by atoms with E-state index in [1.807, 2.05) is 52.0 Å². The van der Waals surface area contributed by atoms with Gasteiger partial charge >= 0.3 is 0 Å². The Bertz CT molecular complexity index is 626. The van der Waals surface area contributed by atoms with E-state index in [4.69, 9.17) is 4.74 Å². The van der Waals surface area contributed by atoms with Gasteiger partial charge in [0, 0.05) is 11.1 Å². The van der Waals surface area contributed by atoms with Gasteiger partial charge in [-0.25, -0.2) is 0 Å². The second kappa shape index (κ2) is 5.99. The molecule has 0 aliphatic rings. The number of benzene rings is 1. The van der Waals surface area contributed by atoms with E-state index in [9.17, 15) is 4.79 Å². The van der Waals surface area contributed by atoms with Crippen LogP contribution in [0.25, 0.3) is 11.3 Å². The summed E-state index contributed by atoms with van der Waals surface area (Å²) in [6.07, 6.45) is 0. The molecule has 2 aromatic rings. The van der Waals surface area contributed by atoms with Crippen molar-refractivity contribution in [2.45, 2.75) is 33.2 Å². The zero-order valence-corrected chi connectivity index (χ0v) is 12.9. The van der Waals surface area contributed by atoms with Gasteiger partial charge in [0.05, 0.1) is 12.3 Å². The SMILES string of the molecule is CCOc1ccccc1-c1cc(C(=O)NC(C)(C)C)[nH]n1. The van der Waals surface area contributed by atoms with Gasteiger partial charge in [-0.1, -0.05) is 12.1 Å². The third-order valence-electron chi connectivity index (χ3n) is 2.77. The Morgan fingerprint density at radius 1 is 1.33 bits per heavy atom. The lowest BCUT2D eigenvalue weighted by Gasteiger charge is -2.19. The number of hydrogen-bond donors (Lipinski definition) is 2. The fraction of sp³-hybridized carbons (Fsp3) is 0.375. The molecule has 1 aromatic heterocycles. The molecule has 0 spiro atoms. The van der Waals surface area contributed by atoms with Crippen molar-refractivity contribution in [1.29, 1.82) is 0 Å². The monoisotopic (exact) mass is 287 g/mol. The molecule has 0 radical (unpaired) electrons. The van der Waals surface area contributed by atoms with Gasteiger partial charge in [0.1, 0.15) is 11.4 Å². The van der Waals surface area contributed by atoms with Gasteiger partial charge in [-0.3, -0.25) is 9.89 Å². The Balaban J connectivity index is 2.26. The van der Waals surface area contributed by atoms with Crippen LogP contribution in [0.1, 0.15) is 38.2 Å². The van der Waals surface area contributed by atoms with Gasteiger partial charge < -0.3 is 10.1 Å². The molecule has 5 heteroatoms. The van der Waals surface area contributed by atoms with Crippen LogP contribution in [-0.4, -0.2) is 28.3 Å². The van der Waals surface area contributed by atoms with E-state index >= 15 is 0 Å². The second-order valence-electron chi connectivity index (χ2n) is 5.80. The number of amides is 1. The first-order chi connectivity index (χ1) is 9.90. The minimum atomic E-state index is -0.286. The van der Waals surface area contributed by atoms with Crippen molar-refractivity contribution in [3.05, 3.63) is 36.0 Å². The highest BCUT2D eigenvalue weighted by Gasteiger charge is 2.18. The van der Waals surface area contributed by atoms with E-state index < -0.39 is 0 Å². The molecule has 0 saturated carbocycles. The molecule has 0 saturated heterocycles. The largest absolute Gasteiger partial charge is 0.493 e. The fourth-order valence-corrected chi connectivity index (χ4v) is 1.94. The minimum Gasteiger partial charge on any atom is -0.493 e. The molecule has 0 unspecified atom stereocenters. The predicted octanol–water partition coefficient (Wildman–Crippen LogP) is 3.00. The zero-order chi connectivity index (χ0) is 15.5. The third-order valence-corrected chi connectivity index (χ3v) is 2.77. The van der Waals surface area contributed by atoms with Gasteiger partial charge in [-0.15, -0.1) is 0 Å². The van der Waals surface area contributed by atoms with Crippen molar-refractivity contribution in [2.75, 3.05) is 6.61 Å². The summed E-state index contributed by atoms with van der Waals surface area (Å²) >= 11 is 0. The molecular formula is C16H21N3O2.